The van der Waals surface area contributed by atoms with Gasteiger partial charge in [0.1, 0.15) is 0 Å². The summed E-state index contributed by atoms with van der Waals surface area (Å²) >= 11 is 0. The molecular weight excluding hydrogens is 333 g/mol. The first-order chi connectivity index (χ1) is 12.6. The number of aryl methyl sites for hydroxylation is 1. The van der Waals surface area contributed by atoms with Crippen molar-refractivity contribution in [2.45, 2.75) is 37.8 Å². The van der Waals surface area contributed by atoms with E-state index < -0.39 is 5.82 Å². The Morgan fingerprint density at radius 2 is 2.15 bits per heavy atom. The number of amides is 1. The molecule has 2 aromatic rings. The summed E-state index contributed by atoms with van der Waals surface area (Å²) in [6.45, 7) is 1.61. The molecule has 6 nitrogen and oxygen atoms in total. The SMILES string of the molecule is Cn1nccc1[C@H]1[C@H](CNC(=O)c2ccncc2F)CCCN1C1CC1. The average Bonchev–Trinajstić information content (AvgIpc) is 3.41. The van der Waals surface area contributed by atoms with Crippen molar-refractivity contribution >= 4 is 5.91 Å². The monoisotopic (exact) mass is 357 g/mol. The van der Waals surface area contributed by atoms with Crippen LogP contribution in [-0.2, 0) is 7.05 Å². The number of halogens is 1. The second-order valence-corrected chi connectivity index (χ2v) is 7.26. The number of carbonyl (C=O) groups excluding carboxylic acids is 1. The predicted octanol–water partition coefficient (Wildman–Crippen LogP) is 2.30. The standard InChI is InChI=1S/C19H24FN5O/c1-24-17(7-9-23-24)18-13(3-2-10-25(18)14-4-5-14)11-22-19(26)15-6-8-21-12-16(15)20/h6-9,12-14,18H,2-5,10-11H2,1H3,(H,22,26)/t13-,18+/m0/s1. The maximum atomic E-state index is 13.8. The molecule has 0 spiro atoms. The van der Waals surface area contributed by atoms with Crippen LogP contribution in [0.4, 0.5) is 4.39 Å². The van der Waals surface area contributed by atoms with Crippen LogP contribution in [0.5, 0.6) is 0 Å². The fraction of sp³-hybridized carbons (Fsp3) is 0.526. The molecule has 1 saturated carbocycles. The zero-order valence-electron chi connectivity index (χ0n) is 14.9. The molecule has 4 rings (SSSR count). The van der Waals surface area contributed by atoms with Gasteiger partial charge < -0.3 is 5.32 Å². The van der Waals surface area contributed by atoms with E-state index in [9.17, 15) is 9.18 Å². The topological polar surface area (TPSA) is 63.1 Å². The number of likely N-dealkylation sites (tertiary alicyclic amines) is 1. The number of nitrogens with zero attached hydrogens (tertiary/aromatic N) is 4. The Labute approximate surface area is 152 Å². The van der Waals surface area contributed by atoms with Crippen LogP contribution in [-0.4, -0.2) is 44.7 Å². The van der Waals surface area contributed by atoms with Crippen molar-refractivity contribution in [2.75, 3.05) is 13.1 Å². The highest BCUT2D eigenvalue weighted by atomic mass is 19.1. The van der Waals surface area contributed by atoms with Gasteiger partial charge >= 0.3 is 0 Å². The van der Waals surface area contributed by atoms with Crippen LogP contribution in [0.15, 0.2) is 30.7 Å². The van der Waals surface area contributed by atoms with Crippen LogP contribution in [0, 0.1) is 11.7 Å². The molecule has 1 saturated heterocycles. The van der Waals surface area contributed by atoms with E-state index in [2.05, 4.69) is 26.4 Å². The van der Waals surface area contributed by atoms with Gasteiger partial charge in [-0.3, -0.25) is 19.4 Å². The molecule has 1 aliphatic carbocycles. The Balaban J connectivity index is 1.51. The van der Waals surface area contributed by atoms with E-state index in [1.54, 1.807) is 0 Å². The molecule has 2 fully saturated rings. The Morgan fingerprint density at radius 3 is 2.85 bits per heavy atom. The van der Waals surface area contributed by atoms with Crippen LogP contribution in [0.2, 0.25) is 0 Å². The van der Waals surface area contributed by atoms with Gasteiger partial charge in [-0.25, -0.2) is 4.39 Å². The first kappa shape index (κ1) is 17.1. The van der Waals surface area contributed by atoms with Gasteiger partial charge in [-0.05, 0) is 50.3 Å². The van der Waals surface area contributed by atoms with Gasteiger partial charge in [-0.1, -0.05) is 0 Å². The van der Waals surface area contributed by atoms with Crippen LogP contribution in [0.1, 0.15) is 47.8 Å². The molecule has 3 heterocycles. The second kappa shape index (κ2) is 7.15. The highest BCUT2D eigenvalue weighted by Crippen LogP contribution is 2.42. The van der Waals surface area contributed by atoms with E-state index >= 15 is 0 Å². The fourth-order valence-corrected chi connectivity index (χ4v) is 4.10. The number of pyridine rings is 1. The van der Waals surface area contributed by atoms with Gasteiger partial charge in [-0.15, -0.1) is 0 Å². The Kier molecular flexibility index (Phi) is 4.72. The fourth-order valence-electron chi connectivity index (χ4n) is 4.10. The molecule has 26 heavy (non-hydrogen) atoms. The molecule has 2 aromatic heterocycles. The first-order valence-corrected chi connectivity index (χ1v) is 9.26. The van der Waals surface area contributed by atoms with Crippen LogP contribution < -0.4 is 5.32 Å². The number of carbonyl (C=O) groups is 1. The molecule has 0 radical (unpaired) electrons. The van der Waals surface area contributed by atoms with Gasteiger partial charge in [0.15, 0.2) is 5.82 Å². The van der Waals surface area contributed by atoms with Gasteiger partial charge in [-0.2, -0.15) is 5.10 Å². The van der Waals surface area contributed by atoms with Crippen molar-refractivity contribution in [2.24, 2.45) is 13.0 Å². The van der Waals surface area contributed by atoms with Crippen LogP contribution in [0.25, 0.3) is 0 Å². The number of piperidine rings is 1. The molecule has 1 aliphatic heterocycles. The van der Waals surface area contributed by atoms with E-state index in [-0.39, 0.29) is 23.4 Å². The minimum atomic E-state index is -0.587. The van der Waals surface area contributed by atoms with Gasteiger partial charge in [0.25, 0.3) is 5.91 Å². The Morgan fingerprint density at radius 1 is 1.31 bits per heavy atom. The summed E-state index contributed by atoms with van der Waals surface area (Å²) in [6.07, 6.45) is 8.99. The molecule has 2 atom stereocenters. The third-order valence-corrected chi connectivity index (χ3v) is 5.51. The largest absolute Gasteiger partial charge is 0.352 e. The lowest BCUT2D eigenvalue weighted by atomic mass is 9.86. The normalized spacial score (nSPS) is 23.8. The third kappa shape index (κ3) is 3.35. The lowest BCUT2D eigenvalue weighted by Gasteiger charge is -2.41. The van der Waals surface area contributed by atoms with E-state index in [1.807, 2.05) is 17.9 Å². The quantitative estimate of drug-likeness (QED) is 0.892. The van der Waals surface area contributed by atoms with Crippen molar-refractivity contribution in [3.63, 3.8) is 0 Å². The average molecular weight is 357 g/mol. The first-order valence-electron chi connectivity index (χ1n) is 9.26. The smallest absolute Gasteiger partial charge is 0.254 e. The summed E-state index contributed by atoms with van der Waals surface area (Å²) in [7, 11) is 1.97. The lowest BCUT2D eigenvalue weighted by Crippen LogP contribution is -2.45. The number of rotatable bonds is 5. The zero-order chi connectivity index (χ0) is 18.1. The van der Waals surface area contributed by atoms with E-state index in [1.165, 1.54) is 30.8 Å². The maximum Gasteiger partial charge on any atom is 0.254 e. The Bertz CT molecular complexity index is 788. The molecule has 0 aromatic carbocycles. The van der Waals surface area contributed by atoms with Crippen molar-refractivity contribution in [3.05, 3.63) is 47.8 Å². The van der Waals surface area contributed by atoms with Gasteiger partial charge in [0, 0.05) is 32.0 Å². The highest BCUT2D eigenvalue weighted by Gasteiger charge is 2.41. The number of hydrogen-bond acceptors (Lipinski definition) is 4. The number of hydrogen-bond donors (Lipinski definition) is 1. The Hall–Kier alpha value is -2.28. The maximum absolute atomic E-state index is 13.8. The molecule has 1 N–H and O–H groups in total. The van der Waals surface area contributed by atoms with Crippen molar-refractivity contribution < 1.29 is 9.18 Å². The highest BCUT2D eigenvalue weighted by molar-refractivity contribution is 5.94. The van der Waals surface area contributed by atoms with E-state index in [0.29, 0.717) is 12.6 Å². The minimum absolute atomic E-state index is 0.0481. The molecule has 2 aliphatic rings. The second-order valence-electron chi connectivity index (χ2n) is 7.26. The van der Waals surface area contributed by atoms with Gasteiger partial charge in [0.2, 0.25) is 0 Å². The summed E-state index contributed by atoms with van der Waals surface area (Å²) in [4.78, 5) is 18.7. The molecule has 138 valence electrons. The number of nitrogens with one attached hydrogen (secondary N) is 1. The minimum Gasteiger partial charge on any atom is -0.352 e. The van der Waals surface area contributed by atoms with Crippen molar-refractivity contribution in [1.29, 1.82) is 0 Å². The molecular formula is C19H24FN5O. The van der Waals surface area contributed by atoms with Crippen molar-refractivity contribution in [3.8, 4) is 0 Å². The summed E-state index contributed by atoms with van der Waals surface area (Å²) in [5, 5.41) is 7.28. The summed E-state index contributed by atoms with van der Waals surface area (Å²) in [5.41, 5.74) is 1.23. The van der Waals surface area contributed by atoms with E-state index in [0.717, 1.165) is 25.6 Å². The zero-order valence-corrected chi connectivity index (χ0v) is 14.9. The summed E-state index contributed by atoms with van der Waals surface area (Å²) in [6, 6.07) is 4.38. The molecule has 1 amide bonds. The summed E-state index contributed by atoms with van der Waals surface area (Å²) < 4.78 is 15.7. The lowest BCUT2D eigenvalue weighted by molar-refractivity contribution is 0.0726. The van der Waals surface area contributed by atoms with Crippen molar-refractivity contribution in [1.82, 2.24) is 25.0 Å². The molecule has 7 heteroatoms. The van der Waals surface area contributed by atoms with Crippen LogP contribution in [0.3, 0.4) is 0 Å². The van der Waals surface area contributed by atoms with Gasteiger partial charge in [0.05, 0.1) is 23.5 Å². The molecule has 0 bridgehead atoms. The molecule has 0 unspecified atom stereocenters. The third-order valence-electron chi connectivity index (χ3n) is 5.51. The summed E-state index contributed by atoms with van der Waals surface area (Å²) in [5.74, 6) is -0.678. The predicted molar refractivity (Wildman–Crippen MR) is 94.9 cm³/mol. The van der Waals surface area contributed by atoms with Crippen LogP contribution >= 0.6 is 0 Å². The van der Waals surface area contributed by atoms with E-state index in [4.69, 9.17) is 0 Å². The number of aromatic nitrogens is 3.